The molecule has 3 rings (SSSR count). The molecule has 3 atom stereocenters. The molecule has 0 radical (unpaired) electrons. The van der Waals surface area contributed by atoms with Crippen molar-refractivity contribution >= 4 is 0 Å². The lowest BCUT2D eigenvalue weighted by Gasteiger charge is -2.11. The second kappa shape index (κ2) is 2.80. The SMILES string of the molecule is c1nc(CNC2CCC3CC32)no1. The van der Waals surface area contributed by atoms with Crippen molar-refractivity contribution in [2.75, 3.05) is 0 Å². The van der Waals surface area contributed by atoms with Gasteiger partial charge in [0.05, 0.1) is 6.54 Å². The van der Waals surface area contributed by atoms with Crippen LogP contribution in [0, 0.1) is 11.8 Å². The second-order valence-corrected chi connectivity index (χ2v) is 4.07. The van der Waals surface area contributed by atoms with E-state index in [0.29, 0.717) is 6.04 Å². The molecule has 4 heteroatoms. The zero-order valence-electron chi connectivity index (χ0n) is 7.44. The Kier molecular flexibility index (Phi) is 1.62. The average Bonchev–Trinajstić information content (AvgIpc) is 2.64. The van der Waals surface area contributed by atoms with Gasteiger partial charge in [0.15, 0.2) is 5.82 Å². The first-order valence-corrected chi connectivity index (χ1v) is 4.92. The van der Waals surface area contributed by atoms with Crippen molar-refractivity contribution in [1.29, 1.82) is 0 Å². The smallest absolute Gasteiger partial charge is 0.213 e. The topological polar surface area (TPSA) is 51.0 Å². The summed E-state index contributed by atoms with van der Waals surface area (Å²) in [6, 6.07) is 0.712. The van der Waals surface area contributed by atoms with Crippen LogP contribution < -0.4 is 5.32 Å². The predicted molar refractivity (Wildman–Crippen MR) is 45.8 cm³/mol. The van der Waals surface area contributed by atoms with E-state index >= 15 is 0 Å². The number of nitrogens with zero attached hydrogens (tertiary/aromatic N) is 2. The second-order valence-electron chi connectivity index (χ2n) is 4.07. The van der Waals surface area contributed by atoms with Crippen LogP contribution in [-0.4, -0.2) is 16.2 Å². The highest BCUT2D eigenvalue weighted by Gasteiger charge is 2.47. The summed E-state index contributed by atoms with van der Waals surface area (Å²) < 4.78 is 4.67. The zero-order valence-corrected chi connectivity index (χ0v) is 7.44. The maximum absolute atomic E-state index is 4.67. The third kappa shape index (κ3) is 1.35. The van der Waals surface area contributed by atoms with E-state index in [-0.39, 0.29) is 0 Å². The monoisotopic (exact) mass is 179 g/mol. The highest BCUT2D eigenvalue weighted by atomic mass is 16.5. The van der Waals surface area contributed by atoms with Gasteiger partial charge in [0, 0.05) is 6.04 Å². The van der Waals surface area contributed by atoms with Crippen LogP contribution in [0.4, 0.5) is 0 Å². The third-order valence-electron chi connectivity index (χ3n) is 3.27. The molecule has 13 heavy (non-hydrogen) atoms. The Hall–Kier alpha value is -0.900. The number of nitrogens with one attached hydrogen (secondary N) is 1. The summed E-state index contributed by atoms with van der Waals surface area (Å²) in [5, 5.41) is 7.26. The van der Waals surface area contributed by atoms with Gasteiger partial charge in [-0.3, -0.25) is 0 Å². The molecule has 1 aromatic rings. The first-order valence-electron chi connectivity index (χ1n) is 4.92. The molecule has 0 saturated heterocycles. The van der Waals surface area contributed by atoms with E-state index in [1.165, 1.54) is 25.7 Å². The van der Waals surface area contributed by atoms with Gasteiger partial charge in [0.25, 0.3) is 0 Å². The summed E-state index contributed by atoms with van der Waals surface area (Å²) in [6.07, 6.45) is 5.55. The molecule has 2 fully saturated rings. The Balaban J connectivity index is 1.53. The molecule has 0 spiro atoms. The van der Waals surface area contributed by atoms with Gasteiger partial charge in [0.1, 0.15) is 0 Å². The Morgan fingerprint density at radius 1 is 1.54 bits per heavy atom. The maximum atomic E-state index is 4.67. The minimum absolute atomic E-state index is 0.712. The summed E-state index contributed by atoms with van der Waals surface area (Å²) in [7, 11) is 0. The maximum Gasteiger partial charge on any atom is 0.213 e. The zero-order chi connectivity index (χ0) is 8.67. The van der Waals surface area contributed by atoms with E-state index in [1.807, 2.05) is 0 Å². The van der Waals surface area contributed by atoms with Crippen LogP contribution in [0.15, 0.2) is 10.9 Å². The van der Waals surface area contributed by atoms with Crippen molar-refractivity contribution in [1.82, 2.24) is 15.5 Å². The van der Waals surface area contributed by atoms with Crippen molar-refractivity contribution in [3.05, 3.63) is 12.2 Å². The molecule has 0 aliphatic heterocycles. The van der Waals surface area contributed by atoms with E-state index in [2.05, 4.69) is 20.0 Å². The minimum atomic E-state index is 0.712. The minimum Gasteiger partial charge on any atom is -0.343 e. The quantitative estimate of drug-likeness (QED) is 0.750. The Morgan fingerprint density at radius 2 is 2.54 bits per heavy atom. The van der Waals surface area contributed by atoms with Gasteiger partial charge in [-0.05, 0) is 31.1 Å². The Bertz CT molecular complexity index is 285. The molecule has 0 bridgehead atoms. The highest BCUT2D eigenvalue weighted by Crippen LogP contribution is 2.51. The van der Waals surface area contributed by atoms with Crippen LogP contribution in [0.3, 0.4) is 0 Å². The van der Waals surface area contributed by atoms with Gasteiger partial charge >= 0.3 is 0 Å². The number of rotatable bonds is 3. The third-order valence-corrected chi connectivity index (χ3v) is 3.27. The molecule has 70 valence electrons. The van der Waals surface area contributed by atoms with Crippen molar-refractivity contribution in [2.45, 2.75) is 31.8 Å². The number of hydrogen-bond acceptors (Lipinski definition) is 4. The van der Waals surface area contributed by atoms with Crippen molar-refractivity contribution < 1.29 is 4.52 Å². The lowest BCUT2D eigenvalue weighted by molar-refractivity contribution is 0.400. The van der Waals surface area contributed by atoms with Crippen LogP contribution in [0.5, 0.6) is 0 Å². The molecular formula is C9H13N3O. The summed E-state index contributed by atoms with van der Waals surface area (Å²) in [6.45, 7) is 0.754. The summed E-state index contributed by atoms with van der Waals surface area (Å²) >= 11 is 0. The molecule has 1 heterocycles. The first-order chi connectivity index (χ1) is 6.43. The van der Waals surface area contributed by atoms with Crippen LogP contribution in [0.1, 0.15) is 25.1 Å². The molecule has 1 aromatic heterocycles. The van der Waals surface area contributed by atoms with Crippen LogP contribution in [0.25, 0.3) is 0 Å². The van der Waals surface area contributed by atoms with E-state index in [4.69, 9.17) is 0 Å². The summed E-state index contributed by atoms with van der Waals surface area (Å²) in [4.78, 5) is 3.98. The largest absolute Gasteiger partial charge is 0.343 e. The summed E-state index contributed by atoms with van der Waals surface area (Å²) in [5.74, 6) is 2.75. The van der Waals surface area contributed by atoms with E-state index in [9.17, 15) is 0 Å². The van der Waals surface area contributed by atoms with Gasteiger partial charge in [-0.25, -0.2) is 0 Å². The molecule has 2 aliphatic carbocycles. The van der Waals surface area contributed by atoms with Crippen LogP contribution in [0.2, 0.25) is 0 Å². The molecule has 0 aromatic carbocycles. The average molecular weight is 179 g/mol. The molecule has 0 amide bonds. The molecule has 2 saturated carbocycles. The molecular weight excluding hydrogens is 166 g/mol. The molecule has 2 aliphatic rings. The summed E-state index contributed by atoms with van der Waals surface area (Å²) in [5.41, 5.74) is 0. The van der Waals surface area contributed by atoms with Gasteiger partial charge in [-0.2, -0.15) is 4.98 Å². The van der Waals surface area contributed by atoms with E-state index in [1.54, 1.807) is 0 Å². The number of hydrogen-bond donors (Lipinski definition) is 1. The van der Waals surface area contributed by atoms with Crippen molar-refractivity contribution in [2.24, 2.45) is 11.8 Å². The Morgan fingerprint density at radius 3 is 3.15 bits per heavy atom. The van der Waals surface area contributed by atoms with Gasteiger partial charge in [-0.1, -0.05) is 5.16 Å². The fourth-order valence-electron chi connectivity index (χ4n) is 2.45. The van der Waals surface area contributed by atoms with Crippen molar-refractivity contribution in [3.8, 4) is 0 Å². The van der Waals surface area contributed by atoms with Gasteiger partial charge in [0.2, 0.25) is 6.39 Å². The lowest BCUT2D eigenvalue weighted by atomic mass is 10.2. The number of fused-ring (bicyclic) bond motifs is 1. The predicted octanol–water partition coefficient (Wildman–Crippen LogP) is 0.958. The first kappa shape index (κ1) is 7.50. The van der Waals surface area contributed by atoms with Crippen LogP contribution >= 0.6 is 0 Å². The normalized spacial score (nSPS) is 36.2. The highest BCUT2D eigenvalue weighted by molar-refractivity contribution is 5.01. The lowest BCUT2D eigenvalue weighted by Crippen LogP contribution is -2.28. The molecule has 3 unspecified atom stereocenters. The van der Waals surface area contributed by atoms with E-state index in [0.717, 1.165) is 24.2 Å². The standard InChI is InChI=1S/C9H13N3O/c1-2-8(7-3-6(1)7)10-4-9-11-5-13-12-9/h5-8,10H,1-4H2. The molecule has 1 N–H and O–H groups in total. The van der Waals surface area contributed by atoms with Crippen molar-refractivity contribution in [3.63, 3.8) is 0 Å². The number of aromatic nitrogens is 2. The molecule has 4 nitrogen and oxygen atoms in total. The Labute approximate surface area is 76.7 Å². The van der Waals surface area contributed by atoms with Crippen LogP contribution in [-0.2, 0) is 6.54 Å². The fraction of sp³-hybridized carbons (Fsp3) is 0.778. The van der Waals surface area contributed by atoms with E-state index < -0.39 is 0 Å². The van der Waals surface area contributed by atoms with Gasteiger partial charge < -0.3 is 9.84 Å². The fourth-order valence-corrected chi connectivity index (χ4v) is 2.45. The van der Waals surface area contributed by atoms with Gasteiger partial charge in [-0.15, -0.1) is 0 Å².